The van der Waals surface area contributed by atoms with Crippen molar-refractivity contribution in [3.63, 3.8) is 0 Å². The van der Waals surface area contributed by atoms with Crippen molar-refractivity contribution in [2.24, 2.45) is 5.92 Å². The smallest absolute Gasteiger partial charge is 0.325 e. The fraction of sp³-hybridized carbons (Fsp3) is 0.462. The molecule has 2 fully saturated rings. The molecule has 2 unspecified atom stereocenters. The molecule has 2 aromatic rings. The first-order valence-electron chi connectivity index (χ1n) is 12.5. The van der Waals surface area contributed by atoms with Crippen LogP contribution < -0.4 is 16.0 Å². The maximum atomic E-state index is 13.7. The fourth-order valence-electron chi connectivity index (χ4n) is 6.00. The highest BCUT2D eigenvalue weighted by molar-refractivity contribution is 7.10. The SMILES string of the molecule is CNC(=O)Nc1ccc2c(c1)CCC21NC(=O)N(CC(=O)N2Cc3sccc3CCC2C2CC2)C1=O. The highest BCUT2D eigenvalue weighted by atomic mass is 32.1. The van der Waals surface area contributed by atoms with Gasteiger partial charge in [0.1, 0.15) is 12.1 Å². The second kappa shape index (κ2) is 8.62. The number of nitrogens with one attached hydrogen (secondary N) is 3. The zero-order valence-corrected chi connectivity index (χ0v) is 21.0. The number of hydrogen-bond acceptors (Lipinski definition) is 5. The Morgan fingerprint density at radius 1 is 1.14 bits per heavy atom. The van der Waals surface area contributed by atoms with Crippen molar-refractivity contribution in [1.29, 1.82) is 0 Å². The zero-order chi connectivity index (χ0) is 25.0. The van der Waals surface area contributed by atoms with Gasteiger partial charge in [0.2, 0.25) is 5.91 Å². The molecule has 1 aromatic heterocycles. The lowest BCUT2D eigenvalue weighted by Gasteiger charge is -2.31. The molecule has 6 rings (SSSR count). The van der Waals surface area contributed by atoms with Gasteiger partial charge in [-0.25, -0.2) is 9.59 Å². The molecule has 2 atom stereocenters. The van der Waals surface area contributed by atoms with Crippen LogP contribution >= 0.6 is 11.3 Å². The van der Waals surface area contributed by atoms with Gasteiger partial charge >= 0.3 is 12.1 Å². The topological polar surface area (TPSA) is 111 Å². The standard InChI is InChI=1S/C26H29N5O4S/c1-27-24(34)28-18-5-6-19-17(12-18)8-10-26(19)23(33)31(25(35)29-26)14-22(32)30-13-21-16(9-11-36-21)4-7-20(30)15-2-3-15/h5-6,9,11-12,15,20H,2-4,7-8,10,13-14H2,1H3,(H,29,35)(H2,27,28,34). The van der Waals surface area contributed by atoms with Gasteiger partial charge in [0, 0.05) is 23.7 Å². The summed E-state index contributed by atoms with van der Waals surface area (Å²) in [6.07, 6.45) is 5.15. The molecule has 3 N–H and O–H groups in total. The normalized spacial score (nSPS) is 24.9. The van der Waals surface area contributed by atoms with Crippen LogP contribution in [0.5, 0.6) is 0 Å². The molecule has 9 nitrogen and oxygen atoms in total. The lowest BCUT2D eigenvalue weighted by Crippen LogP contribution is -2.48. The monoisotopic (exact) mass is 507 g/mol. The van der Waals surface area contributed by atoms with Crippen molar-refractivity contribution in [3.8, 4) is 0 Å². The van der Waals surface area contributed by atoms with Crippen LogP contribution in [0.2, 0.25) is 0 Å². The van der Waals surface area contributed by atoms with Crippen LogP contribution in [0.1, 0.15) is 47.3 Å². The summed E-state index contributed by atoms with van der Waals surface area (Å²) < 4.78 is 0. The highest BCUT2D eigenvalue weighted by Crippen LogP contribution is 2.43. The number of hydrogen-bond donors (Lipinski definition) is 3. The number of urea groups is 2. The van der Waals surface area contributed by atoms with E-state index >= 15 is 0 Å². The van der Waals surface area contributed by atoms with Crippen LogP contribution in [0, 0.1) is 5.92 Å². The Morgan fingerprint density at radius 2 is 1.97 bits per heavy atom. The van der Waals surface area contributed by atoms with Crippen molar-refractivity contribution in [3.05, 3.63) is 51.2 Å². The van der Waals surface area contributed by atoms with Crippen LogP contribution in [0.25, 0.3) is 0 Å². The lowest BCUT2D eigenvalue weighted by atomic mass is 9.91. The summed E-state index contributed by atoms with van der Waals surface area (Å²) in [5.41, 5.74) is 2.40. The maximum absolute atomic E-state index is 13.7. The Bertz CT molecular complexity index is 1270. The van der Waals surface area contributed by atoms with E-state index in [0.29, 0.717) is 31.0 Å². The second-order valence-corrected chi connectivity index (χ2v) is 11.1. The Morgan fingerprint density at radius 3 is 2.75 bits per heavy atom. The van der Waals surface area contributed by atoms with E-state index in [9.17, 15) is 19.2 Å². The molecule has 4 aliphatic rings. The average Bonchev–Trinajstić information content (AvgIpc) is 3.50. The average molecular weight is 508 g/mol. The van der Waals surface area contributed by atoms with E-state index < -0.39 is 11.6 Å². The minimum absolute atomic E-state index is 0.158. The first-order chi connectivity index (χ1) is 17.4. The van der Waals surface area contributed by atoms with Gasteiger partial charge < -0.3 is 20.9 Å². The summed E-state index contributed by atoms with van der Waals surface area (Å²) in [6.45, 7) is 0.299. The minimum atomic E-state index is -1.16. The van der Waals surface area contributed by atoms with Gasteiger partial charge in [-0.3, -0.25) is 14.5 Å². The summed E-state index contributed by atoms with van der Waals surface area (Å²) in [5, 5.41) is 10.2. The summed E-state index contributed by atoms with van der Waals surface area (Å²) in [4.78, 5) is 56.2. The molecule has 2 aliphatic heterocycles. The molecule has 1 saturated heterocycles. The molecular weight excluding hydrogens is 478 g/mol. The maximum Gasteiger partial charge on any atom is 0.325 e. The predicted molar refractivity (Wildman–Crippen MR) is 134 cm³/mol. The number of benzene rings is 1. The molecule has 1 aromatic carbocycles. The summed E-state index contributed by atoms with van der Waals surface area (Å²) in [7, 11) is 1.54. The highest BCUT2D eigenvalue weighted by Gasteiger charge is 2.56. The molecule has 2 aliphatic carbocycles. The van der Waals surface area contributed by atoms with Crippen LogP contribution in [0.3, 0.4) is 0 Å². The van der Waals surface area contributed by atoms with Crippen LogP contribution in [0.15, 0.2) is 29.6 Å². The van der Waals surface area contributed by atoms with Gasteiger partial charge in [-0.15, -0.1) is 11.3 Å². The Labute approximate surface area is 213 Å². The van der Waals surface area contributed by atoms with E-state index in [-0.39, 0.29) is 30.4 Å². The van der Waals surface area contributed by atoms with Crippen molar-refractivity contribution < 1.29 is 19.2 Å². The third-order valence-corrected chi connectivity index (χ3v) is 8.98. The molecule has 188 valence electrons. The van der Waals surface area contributed by atoms with E-state index in [4.69, 9.17) is 0 Å². The minimum Gasteiger partial charge on any atom is -0.341 e. The number of imide groups is 1. The number of carbonyl (C=O) groups is 4. The first-order valence-corrected chi connectivity index (χ1v) is 13.4. The van der Waals surface area contributed by atoms with Crippen molar-refractivity contribution >= 4 is 40.9 Å². The second-order valence-electron chi connectivity index (χ2n) is 10.1. The number of aryl methyl sites for hydroxylation is 2. The van der Waals surface area contributed by atoms with Crippen LogP contribution in [0.4, 0.5) is 15.3 Å². The number of fused-ring (bicyclic) bond motifs is 3. The molecule has 36 heavy (non-hydrogen) atoms. The number of amides is 6. The largest absolute Gasteiger partial charge is 0.341 e. The van der Waals surface area contributed by atoms with Crippen molar-refractivity contribution in [2.45, 2.75) is 56.7 Å². The molecule has 0 bridgehead atoms. The van der Waals surface area contributed by atoms with E-state index in [1.165, 1.54) is 17.5 Å². The Kier molecular flexibility index (Phi) is 5.51. The van der Waals surface area contributed by atoms with Crippen molar-refractivity contribution in [1.82, 2.24) is 20.4 Å². The van der Waals surface area contributed by atoms with Gasteiger partial charge in [-0.2, -0.15) is 0 Å². The number of nitrogens with zero attached hydrogens (tertiary/aromatic N) is 2. The van der Waals surface area contributed by atoms with E-state index in [0.717, 1.165) is 41.7 Å². The van der Waals surface area contributed by atoms with E-state index in [2.05, 4.69) is 27.4 Å². The summed E-state index contributed by atoms with van der Waals surface area (Å²) in [6, 6.07) is 6.80. The van der Waals surface area contributed by atoms with Gasteiger partial charge in [-0.1, -0.05) is 6.07 Å². The number of carbonyl (C=O) groups excluding carboxylic acids is 4. The van der Waals surface area contributed by atoms with Crippen LogP contribution in [-0.2, 0) is 34.5 Å². The molecule has 1 saturated carbocycles. The van der Waals surface area contributed by atoms with E-state index in [1.54, 1.807) is 23.5 Å². The zero-order valence-electron chi connectivity index (χ0n) is 20.1. The molecular formula is C26H29N5O4S. The Hall–Kier alpha value is -3.40. The number of anilines is 1. The molecule has 0 radical (unpaired) electrons. The quantitative estimate of drug-likeness (QED) is 0.553. The first kappa shape index (κ1) is 23.0. The van der Waals surface area contributed by atoms with Gasteiger partial charge in [0.25, 0.3) is 5.91 Å². The fourth-order valence-corrected chi connectivity index (χ4v) is 6.93. The number of rotatable bonds is 4. The third kappa shape index (κ3) is 3.75. The third-order valence-electron chi connectivity index (χ3n) is 8.04. The van der Waals surface area contributed by atoms with Gasteiger partial charge in [0.15, 0.2) is 0 Å². The van der Waals surface area contributed by atoms with E-state index in [1.807, 2.05) is 11.0 Å². The summed E-state index contributed by atoms with van der Waals surface area (Å²) >= 11 is 1.67. The summed E-state index contributed by atoms with van der Waals surface area (Å²) in [5.74, 6) is -0.0324. The van der Waals surface area contributed by atoms with Gasteiger partial charge in [-0.05, 0) is 84.7 Å². The van der Waals surface area contributed by atoms with Gasteiger partial charge in [0.05, 0.1) is 6.54 Å². The number of thiophene rings is 1. The van der Waals surface area contributed by atoms with Crippen LogP contribution in [-0.4, -0.2) is 53.3 Å². The molecule has 3 heterocycles. The predicted octanol–water partition coefficient (Wildman–Crippen LogP) is 2.95. The van der Waals surface area contributed by atoms with Crippen molar-refractivity contribution in [2.75, 3.05) is 18.9 Å². The Balaban J connectivity index is 1.22. The molecule has 10 heteroatoms. The lowest BCUT2D eigenvalue weighted by molar-refractivity contribution is -0.141. The molecule has 1 spiro atoms. The molecule has 6 amide bonds.